The smallest absolute Gasteiger partial charge is 0.149 e. The molecule has 1 heterocycles. The van der Waals surface area contributed by atoms with E-state index in [0.29, 0.717) is 6.54 Å². The highest BCUT2D eigenvalue weighted by molar-refractivity contribution is 7.90. The van der Waals surface area contributed by atoms with Gasteiger partial charge in [-0.25, -0.2) is 8.42 Å². The number of benzene rings is 1. The summed E-state index contributed by atoms with van der Waals surface area (Å²) in [6.07, 6.45) is 2.37. The molecule has 0 aliphatic rings. The minimum Gasteiger partial charge on any atom is -0.342 e. The first-order chi connectivity index (χ1) is 9.51. The van der Waals surface area contributed by atoms with Crippen LogP contribution >= 0.6 is 0 Å². The van der Waals surface area contributed by atoms with E-state index in [1.54, 1.807) is 0 Å². The molecule has 0 unspecified atom stereocenters. The average Bonchev–Trinajstić information content (AvgIpc) is 2.73. The lowest BCUT2D eigenvalue weighted by Crippen LogP contribution is -2.19. The van der Waals surface area contributed by atoms with Gasteiger partial charge >= 0.3 is 0 Å². The van der Waals surface area contributed by atoms with Crippen molar-refractivity contribution in [3.63, 3.8) is 0 Å². The van der Waals surface area contributed by atoms with E-state index in [-0.39, 0.29) is 5.75 Å². The van der Waals surface area contributed by atoms with Crippen molar-refractivity contribution in [2.24, 2.45) is 0 Å². The zero-order valence-electron chi connectivity index (χ0n) is 12.1. The van der Waals surface area contributed by atoms with Gasteiger partial charge in [0.25, 0.3) is 0 Å². The summed E-state index contributed by atoms with van der Waals surface area (Å²) < 4.78 is 24.9. The minimum atomic E-state index is -2.95. The fraction of sp³-hybridized carbons (Fsp3) is 0.467. The van der Waals surface area contributed by atoms with Gasteiger partial charge in [0.2, 0.25) is 0 Å². The van der Waals surface area contributed by atoms with Gasteiger partial charge in [-0.1, -0.05) is 25.1 Å². The molecule has 1 aromatic heterocycles. The fourth-order valence-electron chi connectivity index (χ4n) is 2.33. The van der Waals surface area contributed by atoms with Crippen molar-refractivity contribution < 1.29 is 8.42 Å². The lowest BCUT2D eigenvalue weighted by molar-refractivity contribution is 0.590. The van der Waals surface area contributed by atoms with E-state index in [9.17, 15) is 8.42 Å². The number of hydrogen-bond donors (Lipinski definition) is 1. The molecule has 0 aliphatic carbocycles. The Balaban J connectivity index is 2.29. The van der Waals surface area contributed by atoms with Crippen LogP contribution in [-0.4, -0.2) is 31.5 Å². The van der Waals surface area contributed by atoms with E-state index in [1.807, 2.05) is 18.2 Å². The molecular formula is C15H22N2O2S. The van der Waals surface area contributed by atoms with Crippen LogP contribution in [0.1, 0.15) is 19.0 Å². The Bertz CT molecular complexity index is 674. The number of sulfone groups is 1. The van der Waals surface area contributed by atoms with Gasteiger partial charge in [0.1, 0.15) is 9.84 Å². The SMILES string of the molecule is CCCNCc1cc2ccccc2n1CCS(C)(=O)=O. The van der Waals surface area contributed by atoms with Gasteiger partial charge in [-0.05, 0) is 30.5 Å². The van der Waals surface area contributed by atoms with Crippen LogP contribution in [0, 0.1) is 0 Å². The quantitative estimate of drug-likeness (QED) is 0.796. The molecule has 0 aliphatic heterocycles. The minimum absolute atomic E-state index is 0.173. The van der Waals surface area contributed by atoms with Crippen molar-refractivity contribution in [1.29, 1.82) is 0 Å². The number of rotatable bonds is 7. The van der Waals surface area contributed by atoms with Crippen LogP contribution in [-0.2, 0) is 22.9 Å². The highest BCUT2D eigenvalue weighted by Crippen LogP contribution is 2.20. The second-order valence-electron chi connectivity index (χ2n) is 5.15. The highest BCUT2D eigenvalue weighted by Gasteiger charge is 2.10. The average molecular weight is 294 g/mol. The van der Waals surface area contributed by atoms with Crippen molar-refractivity contribution in [2.75, 3.05) is 18.6 Å². The third kappa shape index (κ3) is 3.84. The second-order valence-corrected chi connectivity index (χ2v) is 7.41. The Kier molecular flexibility index (Phi) is 4.83. The topological polar surface area (TPSA) is 51.1 Å². The maximum absolute atomic E-state index is 11.4. The van der Waals surface area contributed by atoms with E-state index in [4.69, 9.17) is 0 Å². The number of nitrogens with one attached hydrogen (secondary N) is 1. The van der Waals surface area contributed by atoms with E-state index in [2.05, 4.69) is 28.9 Å². The van der Waals surface area contributed by atoms with E-state index in [1.165, 1.54) is 6.26 Å². The molecule has 0 amide bonds. The molecule has 2 rings (SSSR count). The summed E-state index contributed by atoms with van der Waals surface area (Å²) in [4.78, 5) is 0. The zero-order chi connectivity index (χ0) is 14.6. The number of fused-ring (bicyclic) bond motifs is 1. The number of para-hydroxylation sites is 1. The van der Waals surface area contributed by atoms with Crippen molar-refractivity contribution in [2.45, 2.75) is 26.4 Å². The molecule has 110 valence electrons. The Morgan fingerprint density at radius 3 is 2.70 bits per heavy atom. The van der Waals surface area contributed by atoms with Crippen LogP contribution in [0.2, 0.25) is 0 Å². The summed E-state index contributed by atoms with van der Waals surface area (Å²) in [5.41, 5.74) is 2.24. The van der Waals surface area contributed by atoms with E-state index < -0.39 is 9.84 Å². The zero-order valence-corrected chi connectivity index (χ0v) is 12.9. The van der Waals surface area contributed by atoms with Crippen LogP contribution < -0.4 is 5.32 Å². The monoisotopic (exact) mass is 294 g/mol. The molecule has 0 saturated carbocycles. The molecule has 1 N–H and O–H groups in total. The Hall–Kier alpha value is -1.33. The predicted molar refractivity (Wildman–Crippen MR) is 83.6 cm³/mol. The van der Waals surface area contributed by atoms with Crippen LogP contribution in [0.5, 0.6) is 0 Å². The van der Waals surface area contributed by atoms with Crippen LogP contribution in [0.3, 0.4) is 0 Å². The van der Waals surface area contributed by atoms with Gasteiger partial charge in [-0.2, -0.15) is 0 Å². The summed E-state index contributed by atoms with van der Waals surface area (Å²) in [7, 11) is -2.95. The lowest BCUT2D eigenvalue weighted by atomic mass is 10.2. The summed E-state index contributed by atoms with van der Waals surface area (Å²) in [6.45, 7) is 4.38. The van der Waals surface area contributed by atoms with Gasteiger partial charge < -0.3 is 9.88 Å². The van der Waals surface area contributed by atoms with E-state index in [0.717, 1.165) is 36.1 Å². The summed E-state index contributed by atoms with van der Waals surface area (Å²) in [5, 5.41) is 4.54. The summed E-state index contributed by atoms with van der Waals surface area (Å²) in [5.74, 6) is 0.173. The maximum Gasteiger partial charge on any atom is 0.149 e. The molecule has 0 atom stereocenters. The molecule has 0 fully saturated rings. The fourth-order valence-corrected chi connectivity index (χ4v) is 2.84. The third-order valence-electron chi connectivity index (χ3n) is 3.31. The molecule has 5 heteroatoms. The highest BCUT2D eigenvalue weighted by atomic mass is 32.2. The molecule has 20 heavy (non-hydrogen) atoms. The van der Waals surface area contributed by atoms with Crippen molar-refractivity contribution in [3.8, 4) is 0 Å². The molecule has 2 aromatic rings. The first-order valence-electron chi connectivity index (χ1n) is 6.97. The normalized spacial score (nSPS) is 12.1. The Morgan fingerprint density at radius 2 is 2.00 bits per heavy atom. The second kappa shape index (κ2) is 6.41. The first kappa shape index (κ1) is 15.1. The molecule has 0 saturated heterocycles. The van der Waals surface area contributed by atoms with Crippen LogP contribution in [0.25, 0.3) is 10.9 Å². The number of aromatic nitrogens is 1. The lowest BCUT2D eigenvalue weighted by Gasteiger charge is -2.11. The van der Waals surface area contributed by atoms with Crippen LogP contribution in [0.4, 0.5) is 0 Å². The van der Waals surface area contributed by atoms with Crippen molar-refractivity contribution >= 4 is 20.7 Å². The van der Waals surface area contributed by atoms with Gasteiger partial charge in [-0.15, -0.1) is 0 Å². The Morgan fingerprint density at radius 1 is 1.25 bits per heavy atom. The molecule has 0 spiro atoms. The first-order valence-corrected chi connectivity index (χ1v) is 9.03. The summed E-state index contributed by atoms with van der Waals surface area (Å²) >= 11 is 0. The van der Waals surface area contributed by atoms with E-state index >= 15 is 0 Å². The molecule has 0 radical (unpaired) electrons. The van der Waals surface area contributed by atoms with Crippen molar-refractivity contribution in [1.82, 2.24) is 9.88 Å². The largest absolute Gasteiger partial charge is 0.342 e. The molecule has 4 nitrogen and oxygen atoms in total. The standard InChI is InChI=1S/C15H22N2O2S/c1-3-8-16-12-14-11-13-6-4-5-7-15(13)17(14)9-10-20(2,18)19/h4-7,11,16H,3,8-10,12H2,1-2H3. The molecular weight excluding hydrogens is 272 g/mol. The Labute approximate surface area is 120 Å². The maximum atomic E-state index is 11.4. The number of nitrogens with zero attached hydrogens (tertiary/aromatic N) is 1. The summed E-state index contributed by atoms with van der Waals surface area (Å²) in [6, 6.07) is 10.2. The van der Waals surface area contributed by atoms with Crippen molar-refractivity contribution in [3.05, 3.63) is 36.0 Å². The number of aryl methyl sites for hydroxylation is 1. The third-order valence-corrected chi connectivity index (χ3v) is 4.24. The van der Waals surface area contributed by atoms with Gasteiger partial charge in [0.15, 0.2) is 0 Å². The van der Waals surface area contributed by atoms with Gasteiger partial charge in [-0.3, -0.25) is 0 Å². The predicted octanol–water partition coefficient (Wildman–Crippen LogP) is 2.19. The molecule has 0 bridgehead atoms. The van der Waals surface area contributed by atoms with Gasteiger partial charge in [0.05, 0.1) is 5.75 Å². The van der Waals surface area contributed by atoms with Gasteiger partial charge in [0, 0.05) is 30.6 Å². The molecule has 1 aromatic carbocycles. The number of hydrogen-bond acceptors (Lipinski definition) is 3. The van der Waals surface area contributed by atoms with Crippen LogP contribution in [0.15, 0.2) is 30.3 Å².